The first-order chi connectivity index (χ1) is 11.2. The van der Waals surface area contributed by atoms with E-state index in [2.05, 4.69) is 20.3 Å². The van der Waals surface area contributed by atoms with Crippen molar-refractivity contribution in [2.45, 2.75) is 6.92 Å². The van der Waals surface area contributed by atoms with E-state index in [0.717, 1.165) is 33.3 Å². The molecule has 4 aromatic rings. The SMILES string of the molecule is Cc1ccc2c(NC(=O)c3ccc4nc[nH]c4c3)cccc2n1. The smallest absolute Gasteiger partial charge is 0.255 e. The third kappa shape index (κ3) is 2.42. The number of pyridine rings is 1. The van der Waals surface area contributed by atoms with Crippen molar-refractivity contribution in [2.24, 2.45) is 0 Å². The fraction of sp³-hybridized carbons (Fsp3) is 0.0556. The number of nitrogens with one attached hydrogen (secondary N) is 2. The Morgan fingerprint density at radius 3 is 2.91 bits per heavy atom. The second-order valence-electron chi connectivity index (χ2n) is 5.41. The van der Waals surface area contributed by atoms with E-state index in [0.29, 0.717) is 5.56 Å². The summed E-state index contributed by atoms with van der Waals surface area (Å²) >= 11 is 0. The molecule has 0 radical (unpaired) electrons. The topological polar surface area (TPSA) is 70.7 Å². The molecule has 0 aliphatic carbocycles. The molecule has 0 aliphatic rings. The summed E-state index contributed by atoms with van der Waals surface area (Å²) in [6.45, 7) is 1.95. The van der Waals surface area contributed by atoms with Gasteiger partial charge in [-0.15, -0.1) is 0 Å². The summed E-state index contributed by atoms with van der Waals surface area (Å²) in [5.74, 6) is -0.158. The van der Waals surface area contributed by atoms with Gasteiger partial charge in [-0.25, -0.2) is 4.98 Å². The van der Waals surface area contributed by atoms with E-state index in [1.54, 1.807) is 18.5 Å². The quantitative estimate of drug-likeness (QED) is 0.593. The predicted octanol–water partition coefficient (Wildman–Crippen LogP) is 3.67. The van der Waals surface area contributed by atoms with E-state index in [9.17, 15) is 4.79 Å². The molecule has 0 unspecified atom stereocenters. The normalized spacial score (nSPS) is 11.0. The van der Waals surface area contributed by atoms with E-state index in [1.165, 1.54) is 0 Å². The van der Waals surface area contributed by atoms with Gasteiger partial charge in [0.05, 0.1) is 28.6 Å². The molecule has 4 rings (SSSR count). The number of nitrogens with zero attached hydrogens (tertiary/aromatic N) is 2. The summed E-state index contributed by atoms with van der Waals surface area (Å²) in [6, 6.07) is 15.0. The molecule has 2 aromatic carbocycles. The van der Waals surface area contributed by atoms with Crippen molar-refractivity contribution in [1.82, 2.24) is 15.0 Å². The van der Waals surface area contributed by atoms with Crippen LogP contribution in [0.4, 0.5) is 5.69 Å². The number of rotatable bonds is 2. The fourth-order valence-corrected chi connectivity index (χ4v) is 2.64. The first kappa shape index (κ1) is 13.5. The van der Waals surface area contributed by atoms with Crippen molar-refractivity contribution in [3.05, 3.63) is 66.1 Å². The lowest BCUT2D eigenvalue weighted by molar-refractivity contribution is 0.102. The maximum absolute atomic E-state index is 12.5. The van der Waals surface area contributed by atoms with E-state index in [-0.39, 0.29) is 5.91 Å². The highest BCUT2D eigenvalue weighted by Crippen LogP contribution is 2.23. The van der Waals surface area contributed by atoms with Crippen molar-refractivity contribution in [3.63, 3.8) is 0 Å². The highest BCUT2D eigenvalue weighted by Gasteiger charge is 2.10. The van der Waals surface area contributed by atoms with Gasteiger partial charge in [0.25, 0.3) is 5.91 Å². The van der Waals surface area contributed by atoms with Gasteiger partial charge in [-0.3, -0.25) is 9.78 Å². The summed E-state index contributed by atoms with van der Waals surface area (Å²) in [6.07, 6.45) is 1.62. The second kappa shape index (κ2) is 5.21. The average molecular weight is 302 g/mol. The monoisotopic (exact) mass is 302 g/mol. The summed E-state index contributed by atoms with van der Waals surface area (Å²) < 4.78 is 0. The van der Waals surface area contributed by atoms with E-state index >= 15 is 0 Å². The van der Waals surface area contributed by atoms with E-state index < -0.39 is 0 Å². The molecule has 0 aliphatic heterocycles. The largest absolute Gasteiger partial charge is 0.345 e. The number of H-pyrrole nitrogens is 1. The number of hydrogen-bond acceptors (Lipinski definition) is 3. The lowest BCUT2D eigenvalue weighted by Gasteiger charge is -2.09. The Balaban J connectivity index is 1.70. The Labute approximate surface area is 132 Å². The van der Waals surface area contributed by atoms with Crippen molar-refractivity contribution < 1.29 is 4.79 Å². The second-order valence-corrected chi connectivity index (χ2v) is 5.41. The molecule has 0 saturated heterocycles. The number of aromatic nitrogens is 3. The Morgan fingerprint density at radius 2 is 2.00 bits per heavy atom. The van der Waals surface area contributed by atoms with Crippen LogP contribution in [0.15, 0.2) is 54.9 Å². The van der Waals surface area contributed by atoms with Crippen molar-refractivity contribution >= 4 is 33.5 Å². The molecule has 0 bridgehead atoms. The molecule has 0 saturated carbocycles. The molecule has 112 valence electrons. The van der Waals surface area contributed by atoms with Crippen LogP contribution in [0.5, 0.6) is 0 Å². The zero-order valence-corrected chi connectivity index (χ0v) is 12.5. The predicted molar refractivity (Wildman–Crippen MR) is 90.5 cm³/mol. The number of carbonyl (C=O) groups excluding carboxylic acids is 1. The first-order valence-corrected chi connectivity index (χ1v) is 7.31. The number of aromatic amines is 1. The van der Waals surface area contributed by atoms with Gasteiger partial charge in [0.2, 0.25) is 0 Å². The van der Waals surface area contributed by atoms with Gasteiger partial charge in [-0.05, 0) is 49.4 Å². The number of benzene rings is 2. The van der Waals surface area contributed by atoms with Crippen LogP contribution in [0, 0.1) is 6.92 Å². The lowest BCUT2D eigenvalue weighted by Crippen LogP contribution is -2.12. The van der Waals surface area contributed by atoms with Crippen molar-refractivity contribution in [3.8, 4) is 0 Å². The number of carbonyl (C=O) groups is 1. The maximum Gasteiger partial charge on any atom is 0.255 e. The van der Waals surface area contributed by atoms with Crippen LogP contribution >= 0.6 is 0 Å². The molecule has 1 amide bonds. The third-order valence-corrected chi connectivity index (χ3v) is 3.80. The van der Waals surface area contributed by atoms with Crippen molar-refractivity contribution in [1.29, 1.82) is 0 Å². The van der Waals surface area contributed by atoms with Crippen LogP contribution in [0.1, 0.15) is 16.1 Å². The number of hydrogen-bond donors (Lipinski definition) is 2. The standard InChI is InChI=1S/C18H14N4O/c1-11-5-7-13-14(21-11)3-2-4-15(13)22-18(23)12-6-8-16-17(9-12)20-10-19-16/h2-10H,1H3,(H,19,20)(H,22,23). The maximum atomic E-state index is 12.5. The molecule has 23 heavy (non-hydrogen) atoms. The lowest BCUT2D eigenvalue weighted by atomic mass is 10.1. The van der Waals surface area contributed by atoms with Gasteiger partial charge in [-0.1, -0.05) is 6.07 Å². The molecular formula is C18H14N4O. The van der Waals surface area contributed by atoms with E-state index in [1.807, 2.05) is 43.3 Å². The summed E-state index contributed by atoms with van der Waals surface area (Å²) in [7, 11) is 0. The molecule has 2 heterocycles. The van der Waals surface area contributed by atoms with Crippen LogP contribution in [0.25, 0.3) is 21.9 Å². The number of fused-ring (bicyclic) bond motifs is 2. The highest BCUT2D eigenvalue weighted by atomic mass is 16.1. The van der Waals surface area contributed by atoms with Gasteiger partial charge in [-0.2, -0.15) is 0 Å². The highest BCUT2D eigenvalue weighted by molar-refractivity contribution is 6.09. The van der Waals surface area contributed by atoms with Gasteiger partial charge in [0.1, 0.15) is 0 Å². The molecule has 0 spiro atoms. The minimum Gasteiger partial charge on any atom is -0.345 e. The summed E-state index contributed by atoms with van der Waals surface area (Å²) in [5.41, 5.74) is 4.83. The zero-order valence-electron chi connectivity index (χ0n) is 12.5. The molecule has 5 nitrogen and oxygen atoms in total. The van der Waals surface area contributed by atoms with Crippen LogP contribution in [0.2, 0.25) is 0 Å². The Bertz CT molecular complexity index is 1040. The van der Waals surface area contributed by atoms with Gasteiger partial charge in [0.15, 0.2) is 0 Å². The fourth-order valence-electron chi connectivity index (χ4n) is 2.64. The molecular weight excluding hydrogens is 288 g/mol. The Hall–Kier alpha value is -3.21. The first-order valence-electron chi connectivity index (χ1n) is 7.31. The van der Waals surface area contributed by atoms with Crippen molar-refractivity contribution in [2.75, 3.05) is 5.32 Å². The number of aryl methyl sites for hydroxylation is 1. The van der Waals surface area contributed by atoms with Gasteiger partial charge in [0, 0.05) is 16.6 Å². The average Bonchev–Trinajstić information content (AvgIpc) is 3.02. The molecule has 0 atom stereocenters. The van der Waals surface area contributed by atoms with Crippen LogP contribution < -0.4 is 5.32 Å². The summed E-state index contributed by atoms with van der Waals surface area (Å²) in [5, 5.41) is 3.89. The van der Waals surface area contributed by atoms with Crippen LogP contribution in [-0.2, 0) is 0 Å². The number of amides is 1. The molecule has 0 fully saturated rings. The Morgan fingerprint density at radius 1 is 1.09 bits per heavy atom. The Kier molecular flexibility index (Phi) is 3.05. The van der Waals surface area contributed by atoms with E-state index in [4.69, 9.17) is 0 Å². The third-order valence-electron chi connectivity index (χ3n) is 3.80. The molecule has 2 aromatic heterocycles. The zero-order chi connectivity index (χ0) is 15.8. The van der Waals surface area contributed by atoms with Gasteiger partial charge < -0.3 is 10.3 Å². The summed E-state index contributed by atoms with van der Waals surface area (Å²) in [4.78, 5) is 24.2. The molecule has 5 heteroatoms. The van der Waals surface area contributed by atoms with Crippen LogP contribution in [-0.4, -0.2) is 20.9 Å². The minimum atomic E-state index is -0.158. The van der Waals surface area contributed by atoms with Crippen LogP contribution in [0.3, 0.4) is 0 Å². The number of imidazole rings is 1. The molecule has 2 N–H and O–H groups in total. The number of anilines is 1. The minimum absolute atomic E-state index is 0.158. The van der Waals surface area contributed by atoms with Gasteiger partial charge >= 0.3 is 0 Å².